The van der Waals surface area contributed by atoms with Gasteiger partial charge in [-0.25, -0.2) is 4.98 Å². The van der Waals surface area contributed by atoms with Crippen LogP contribution in [0.3, 0.4) is 0 Å². The van der Waals surface area contributed by atoms with Crippen molar-refractivity contribution in [2.24, 2.45) is 0 Å². The van der Waals surface area contributed by atoms with Gasteiger partial charge in [0.25, 0.3) is 0 Å². The average molecular weight is 345 g/mol. The molecule has 2 nitrogen and oxygen atoms in total. The number of carbonyl (C=O) groups excluding carboxylic acids is 1. The number of pyridine rings is 1. The molecule has 5 heteroatoms. The highest BCUT2D eigenvalue weighted by Crippen LogP contribution is 2.42. The summed E-state index contributed by atoms with van der Waals surface area (Å²) < 4.78 is 39.2. The fourth-order valence-corrected chi connectivity index (χ4v) is 3.25. The number of ketones is 1. The van der Waals surface area contributed by atoms with Crippen molar-refractivity contribution < 1.29 is 18.0 Å². The van der Waals surface area contributed by atoms with E-state index in [0.29, 0.717) is 23.4 Å². The van der Waals surface area contributed by atoms with Crippen LogP contribution in [-0.2, 0) is 6.18 Å². The number of alkyl halides is 3. The third-order valence-electron chi connectivity index (χ3n) is 4.53. The molecule has 0 unspecified atom stereocenters. The van der Waals surface area contributed by atoms with Crippen molar-refractivity contribution in [2.75, 3.05) is 0 Å². The number of Topliss-reactive ketones (excluding diaryl/α,β-unsaturated/α-hetero) is 1. The Morgan fingerprint density at radius 3 is 2.48 bits per heavy atom. The van der Waals surface area contributed by atoms with Crippen LogP contribution in [0.1, 0.15) is 59.1 Å². The first-order valence-corrected chi connectivity index (χ1v) is 8.16. The number of carbonyl (C=O) groups is 1. The predicted molar refractivity (Wildman–Crippen MR) is 91.1 cm³/mol. The summed E-state index contributed by atoms with van der Waals surface area (Å²) in [6.07, 6.45) is -2.04. The molecular weight excluding hydrogens is 327 g/mol. The molecule has 0 aliphatic heterocycles. The lowest BCUT2D eigenvalue weighted by Gasteiger charge is -2.14. The fourth-order valence-electron chi connectivity index (χ4n) is 3.25. The van der Waals surface area contributed by atoms with Gasteiger partial charge in [-0.3, -0.25) is 4.79 Å². The Bertz CT molecular complexity index is 865. The molecule has 0 fully saturated rings. The van der Waals surface area contributed by atoms with Crippen LogP contribution in [0.4, 0.5) is 13.2 Å². The van der Waals surface area contributed by atoms with Gasteiger partial charge in [-0.2, -0.15) is 13.2 Å². The summed E-state index contributed by atoms with van der Waals surface area (Å²) >= 11 is 0. The van der Waals surface area contributed by atoms with Gasteiger partial charge in [0.05, 0.1) is 11.3 Å². The van der Waals surface area contributed by atoms with E-state index in [1.54, 1.807) is 12.1 Å². The van der Waals surface area contributed by atoms with Gasteiger partial charge in [0.1, 0.15) is 5.69 Å². The highest BCUT2D eigenvalue weighted by molar-refractivity contribution is 5.95. The fraction of sp³-hybridized carbons (Fsp3) is 0.300. The Morgan fingerprint density at radius 2 is 1.80 bits per heavy atom. The molecule has 130 valence electrons. The Labute approximate surface area is 144 Å². The van der Waals surface area contributed by atoms with Crippen LogP contribution < -0.4 is 0 Å². The van der Waals surface area contributed by atoms with E-state index in [1.165, 1.54) is 19.1 Å². The monoisotopic (exact) mass is 345 g/mol. The summed E-state index contributed by atoms with van der Waals surface area (Å²) in [5.41, 5.74) is 3.68. The number of aryl methyl sites for hydroxylation is 1. The molecule has 1 aliphatic carbocycles. The lowest BCUT2D eigenvalue weighted by atomic mass is 9.94. The van der Waals surface area contributed by atoms with Crippen molar-refractivity contribution in [2.45, 2.75) is 39.3 Å². The molecule has 1 aromatic heterocycles. The zero-order valence-corrected chi connectivity index (χ0v) is 14.1. The summed E-state index contributed by atoms with van der Waals surface area (Å²) in [5.74, 6) is -0.128. The molecule has 0 atom stereocenters. The van der Waals surface area contributed by atoms with E-state index in [4.69, 9.17) is 0 Å². The number of allylic oxidation sites excluding steroid dienone is 2. The van der Waals surface area contributed by atoms with Crippen LogP contribution in [-0.4, -0.2) is 10.8 Å². The highest BCUT2D eigenvalue weighted by Gasteiger charge is 2.31. The first kappa shape index (κ1) is 17.4. The number of benzene rings is 1. The van der Waals surface area contributed by atoms with Crippen molar-refractivity contribution in [3.8, 4) is 0 Å². The van der Waals surface area contributed by atoms with Gasteiger partial charge in [-0.1, -0.05) is 12.1 Å². The largest absolute Gasteiger partial charge is 0.416 e. The second kappa shape index (κ2) is 6.47. The van der Waals surface area contributed by atoms with E-state index < -0.39 is 11.7 Å². The van der Waals surface area contributed by atoms with E-state index in [0.717, 1.165) is 35.6 Å². The van der Waals surface area contributed by atoms with E-state index in [-0.39, 0.29) is 5.78 Å². The molecule has 0 saturated heterocycles. The molecule has 2 aromatic rings. The third-order valence-corrected chi connectivity index (χ3v) is 4.53. The number of aromatic nitrogens is 1. The maximum absolute atomic E-state index is 13.1. The number of rotatable bonds is 3. The standard InChI is InChI=1S/C20H18F3NO/c1-12-9-10-14(20(21,22)23)11-17(12)15-5-3-6-16(15)19-8-4-7-18(24-19)13(2)25/h4,7-11H,3,5-6H2,1-2H3. The molecule has 3 rings (SSSR count). The van der Waals surface area contributed by atoms with Crippen molar-refractivity contribution in [1.82, 2.24) is 4.98 Å². The van der Waals surface area contributed by atoms with Crippen LogP contribution in [0.2, 0.25) is 0 Å². The molecule has 1 aliphatic rings. The summed E-state index contributed by atoms with van der Waals surface area (Å²) in [4.78, 5) is 16.0. The van der Waals surface area contributed by atoms with Crippen molar-refractivity contribution in [3.63, 3.8) is 0 Å². The second-order valence-corrected chi connectivity index (χ2v) is 6.30. The minimum Gasteiger partial charge on any atom is -0.293 e. The normalized spacial score (nSPS) is 14.9. The molecule has 25 heavy (non-hydrogen) atoms. The molecule has 0 saturated carbocycles. The molecule has 0 amide bonds. The van der Waals surface area contributed by atoms with E-state index in [2.05, 4.69) is 4.98 Å². The lowest BCUT2D eigenvalue weighted by Crippen LogP contribution is -2.06. The molecular formula is C20H18F3NO. The van der Waals surface area contributed by atoms with Crippen molar-refractivity contribution in [1.29, 1.82) is 0 Å². The van der Waals surface area contributed by atoms with E-state index >= 15 is 0 Å². The minimum atomic E-state index is -4.37. The summed E-state index contributed by atoms with van der Waals surface area (Å²) in [7, 11) is 0. The van der Waals surface area contributed by atoms with Crippen LogP contribution in [0.25, 0.3) is 11.1 Å². The van der Waals surface area contributed by atoms with Gasteiger partial charge < -0.3 is 0 Å². The second-order valence-electron chi connectivity index (χ2n) is 6.30. The smallest absolute Gasteiger partial charge is 0.293 e. The molecule has 1 aromatic carbocycles. The molecule has 0 radical (unpaired) electrons. The van der Waals surface area contributed by atoms with Gasteiger partial charge in [-0.05, 0) is 72.7 Å². The lowest BCUT2D eigenvalue weighted by molar-refractivity contribution is -0.137. The first-order chi connectivity index (χ1) is 11.8. The van der Waals surface area contributed by atoms with Crippen molar-refractivity contribution >= 4 is 16.9 Å². The number of hydrogen-bond donors (Lipinski definition) is 0. The van der Waals surface area contributed by atoms with Gasteiger partial charge in [0.2, 0.25) is 0 Å². The Balaban J connectivity index is 2.14. The average Bonchev–Trinajstić information content (AvgIpc) is 3.03. The maximum Gasteiger partial charge on any atom is 0.416 e. The van der Waals surface area contributed by atoms with E-state index in [9.17, 15) is 18.0 Å². The number of halogens is 3. The predicted octanol–water partition coefficient (Wildman–Crippen LogP) is 5.71. The quantitative estimate of drug-likeness (QED) is 0.667. The minimum absolute atomic E-state index is 0.128. The molecule has 0 N–H and O–H groups in total. The Morgan fingerprint density at radius 1 is 1.08 bits per heavy atom. The van der Waals surface area contributed by atoms with Gasteiger partial charge in [0.15, 0.2) is 5.78 Å². The van der Waals surface area contributed by atoms with Crippen LogP contribution >= 0.6 is 0 Å². The summed E-state index contributed by atoms with van der Waals surface area (Å²) in [6.45, 7) is 3.27. The van der Waals surface area contributed by atoms with Gasteiger partial charge >= 0.3 is 6.18 Å². The topological polar surface area (TPSA) is 30.0 Å². The van der Waals surface area contributed by atoms with Crippen LogP contribution in [0.15, 0.2) is 36.4 Å². The third kappa shape index (κ3) is 3.50. The summed E-state index contributed by atoms with van der Waals surface area (Å²) in [5, 5.41) is 0. The first-order valence-electron chi connectivity index (χ1n) is 8.16. The Hall–Kier alpha value is -2.43. The SMILES string of the molecule is CC(=O)c1cccc(C2=C(c3cc(C(F)(F)F)ccc3C)CCC2)n1. The van der Waals surface area contributed by atoms with Crippen LogP contribution in [0.5, 0.6) is 0 Å². The number of nitrogens with zero attached hydrogens (tertiary/aromatic N) is 1. The molecule has 0 bridgehead atoms. The van der Waals surface area contributed by atoms with Crippen LogP contribution in [0, 0.1) is 6.92 Å². The molecule has 0 spiro atoms. The van der Waals surface area contributed by atoms with E-state index in [1.807, 2.05) is 13.0 Å². The van der Waals surface area contributed by atoms with Gasteiger partial charge in [0, 0.05) is 6.92 Å². The maximum atomic E-state index is 13.1. The highest BCUT2D eigenvalue weighted by atomic mass is 19.4. The molecule has 1 heterocycles. The zero-order valence-electron chi connectivity index (χ0n) is 14.1. The van der Waals surface area contributed by atoms with Crippen molar-refractivity contribution in [3.05, 3.63) is 64.5 Å². The van der Waals surface area contributed by atoms with Gasteiger partial charge in [-0.15, -0.1) is 0 Å². The Kier molecular flexibility index (Phi) is 4.50. The summed E-state index contributed by atoms with van der Waals surface area (Å²) in [6, 6.07) is 9.08. The zero-order chi connectivity index (χ0) is 18.2. The number of hydrogen-bond acceptors (Lipinski definition) is 2.